The van der Waals surface area contributed by atoms with E-state index in [1.807, 2.05) is 0 Å². The van der Waals surface area contributed by atoms with Crippen molar-refractivity contribution in [3.05, 3.63) is 69.3 Å². The molecule has 0 saturated carbocycles. The Bertz CT molecular complexity index is 900. The van der Waals surface area contributed by atoms with E-state index in [1.165, 1.54) is 25.3 Å². The molecule has 0 aromatic heterocycles. The molecule has 0 unspecified atom stereocenters. The number of carbonyl (C=O) groups excluding carboxylic acids is 2. The van der Waals surface area contributed by atoms with E-state index in [9.17, 15) is 28.5 Å². The molecular weight excluding hydrogens is 376 g/mol. The van der Waals surface area contributed by atoms with Crippen LogP contribution in [0.25, 0.3) is 0 Å². The molecule has 0 spiro atoms. The smallest absolute Gasteiger partial charge is 0.269 e. The second-order valence-corrected chi connectivity index (χ2v) is 5.86. The number of ether oxygens (including phenoxy) is 1. The fraction of sp³-hybridized carbons (Fsp3) is 0.222. The summed E-state index contributed by atoms with van der Waals surface area (Å²) >= 11 is 0. The quantitative estimate of drug-likeness (QED) is 0.521. The summed E-state index contributed by atoms with van der Waals surface area (Å²) in [6, 6.07) is 5.67. The van der Waals surface area contributed by atoms with Gasteiger partial charge >= 0.3 is 0 Å². The molecule has 2 amide bonds. The van der Waals surface area contributed by atoms with Crippen molar-refractivity contribution in [2.75, 3.05) is 7.11 Å². The van der Waals surface area contributed by atoms with Crippen LogP contribution in [0.3, 0.4) is 0 Å². The number of nitro groups is 1. The normalized spacial score (nSPS) is 11.5. The van der Waals surface area contributed by atoms with Crippen molar-refractivity contribution in [3.8, 4) is 5.75 Å². The highest BCUT2D eigenvalue weighted by molar-refractivity contribution is 5.87. The highest BCUT2D eigenvalue weighted by atomic mass is 19.1. The van der Waals surface area contributed by atoms with E-state index in [1.54, 1.807) is 0 Å². The summed E-state index contributed by atoms with van der Waals surface area (Å²) in [4.78, 5) is 34.2. The van der Waals surface area contributed by atoms with E-state index < -0.39 is 46.4 Å². The van der Waals surface area contributed by atoms with Crippen molar-refractivity contribution in [2.45, 2.75) is 18.9 Å². The molecule has 10 heteroatoms. The van der Waals surface area contributed by atoms with Gasteiger partial charge in [0.2, 0.25) is 11.8 Å². The fourth-order valence-corrected chi connectivity index (χ4v) is 2.59. The monoisotopic (exact) mass is 393 g/mol. The second kappa shape index (κ2) is 8.89. The average molecular weight is 393 g/mol. The first-order valence-electron chi connectivity index (χ1n) is 8.05. The number of hydrogen-bond donors (Lipinski definition) is 2. The molecule has 1 atom stereocenters. The van der Waals surface area contributed by atoms with E-state index >= 15 is 0 Å². The van der Waals surface area contributed by atoms with Gasteiger partial charge in [0.05, 0.1) is 18.5 Å². The third-order valence-corrected chi connectivity index (χ3v) is 3.98. The molecule has 0 aliphatic heterocycles. The number of rotatable bonds is 8. The van der Waals surface area contributed by atoms with Crippen LogP contribution in [0.2, 0.25) is 0 Å². The highest BCUT2D eigenvalue weighted by Gasteiger charge is 2.23. The summed E-state index contributed by atoms with van der Waals surface area (Å²) in [5, 5.41) is 13.2. The molecule has 2 aromatic carbocycles. The Morgan fingerprint density at radius 3 is 2.43 bits per heavy atom. The zero-order valence-electron chi connectivity index (χ0n) is 14.8. The van der Waals surface area contributed by atoms with Crippen molar-refractivity contribution in [1.29, 1.82) is 0 Å². The lowest BCUT2D eigenvalue weighted by Crippen LogP contribution is -2.46. The summed E-state index contributed by atoms with van der Waals surface area (Å²) in [7, 11) is 1.34. The molecule has 0 radical (unpaired) electrons. The summed E-state index contributed by atoms with van der Waals surface area (Å²) in [6.07, 6.45) is -0.847. The Kier molecular flexibility index (Phi) is 6.59. The number of primary amides is 1. The van der Waals surface area contributed by atoms with Crippen LogP contribution < -0.4 is 15.8 Å². The Balaban J connectivity index is 2.20. The maximum Gasteiger partial charge on any atom is 0.269 e. The molecule has 0 heterocycles. The maximum absolute atomic E-state index is 13.7. The minimum absolute atomic E-state index is 0.203. The van der Waals surface area contributed by atoms with Crippen molar-refractivity contribution in [2.24, 2.45) is 5.73 Å². The summed E-state index contributed by atoms with van der Waals surface area (Å²) in [5.41, 5.74) is 4.88. The van der Waals surface area contributed by atoms with Gasteiger partial charge in [-0.3, -0.25) is 19.7 Å². The van der Waals surface area contributed by atoms with Gasteiger partial charge in [0.25, 0.3) is 5.69 Å². The number of non-ortho nitro benzene ring substituents is 1. The minimum Gasteiger partial charge on any atom is -0.496 e. The van der Waals surface area contributed by atoms with Crippen molar-refractivity contribution in [1.82, 2.24) is 5.32 Å². The topological polar surface area (TPSA) is 125 Å². The summed E-state index contributed by atoms with van der Waals surface area (Å²) in [5.74, 6) is -3.29. The van der Waals surface area contributed by atoms with Crippen molar-refractivity contribution < 1.29 is 28.0 Å². The molecule has 0 saturated heterocycles. The van der Waals surface area contributed by atoms with Crippen LogP contribution in [0, 0.1) is 21.7 Å². The SMILES string of the molecule is COc1ccc([N+](=O)[O-])cc1C[C@H](NC(=O)Cc1c(F)cccc1F)C(N)=O. The minimum atomic E-state index is -1.27. The zero-order chi connectivity index (χ0) is 20.8. The Morgan fingerprint density at radius 1 is 1.25 bits per heavy atom. The number of benzene rings is 2. The molecule has 148 valence electrons. The standard InChI is InChI=1S/C18H17F2N3O5/c1-28-16-6-5-11(23(26)27)7-10(16)8-15(18(21)25)22-17(24)9-12-13(19)3-2-4-14(12)20/h2-7,15H,8-9H2,1H3,(H2,21,25)(H,22,24)/t15-/m0/s1. The average Bonchev–Trinajstić information content (AvgIpc) is 2.64. The lowest BCUT2D eigenvalue weighted by atomic mass is 10.0. The zero-order valence-corrected chi connectivity index (χ0v) is 14.8. The predicted octanol–water partition coefficient (Wildman–Crippen LogP) is 1.64. The van der Waals surface area contributed by atoms with Crippen LogP contribution in [-0.4, -0.2) is 29.9 Å². The molecule has 2 rings (SSSR count). The number of hydrogen-bond acceptors (Lipinski definition) is 5. The molecule has 2 aromatic rings. The van der Waals surface area contributed by atoms with Gasteiger partial charge in [0.15, 0.2) is 0 Å². The van der Waals surface area contributed by atoms with Gasteiger partial charge < -0.3 is 15.8 Å². The van der Waals surface area contributed by atoms with Crippen LogP contribution in [-0.2, 0) is 22.4 Å². The van der Waals surface area contributed by atoms with E-state index in [0.717, 1.165) is 18.2 Å². The molecule has 28 heavy (non-hydrogen) atoms. The number of amides is 2. The Hall–Kier alpha value is -3.56. The summed E-state index contributed by atoms with van der Waals surface area (Å²) < 4.78 is 32.5. The Morgan fingerprint density at radius 2 is 1.89 bits per heavy atom. The van der Waals surface area contributed by atoms with Crippen LogP contribution in [0.1, 0.15) is 11.1 Å². The Labute approximate surface area is 158 Å². The number of nitro benzene ring substituents is 1. The van der Waals surface area contributed by atoms with Crippen molar-refractivity contribution in [3.63, 3.8) is 0 Å². The van der Waals surface area contributed by atoms with E-state index in [4.69, 9.17) is 10.5 Å². The second-order valence-electron chi connectivity index (χ2n) is 5.86. The molecule has 3 N–H and O–H groups in total. The van der Waals surface area contributed by atoms with Gasteiger partial charge in [-0.15, -0.1) is 0 Å². The van der Waals surface area contributed by atoms with E-state index in [2.05, 4.69) is 5.32 Å². The highest BCUT2D eigenvalue weighted by Crippen LogP contribution is 2.25. The number of nitrogens with one attached hydrogen (secondary N) is 1. The van der Waals surface area contributed by atoms with Crippen LogP contribution in [0.15, 0.2) is 36.4 Å². The molecule has 0 aliphatic carbocycles. The first-order valence-corrected chi connectivity index (χ1v) is 8.05. The summed E-state index contributed by atoms with van der Waals surface area (Å²) in [6.45, 7) is 0. The van der Waals surface area contributed by atoms with Crippen LogP contribution in [0.4, 0.5) is 14.5 Å². The van der Waals surface area contributed by atoms with Gasteiger partial charge in [-0.25, -0.2) is 8.78 Å². The van der Waals surface area contributed by atoms with E-state index in [-0.39, 0.29) is 23.4 Å². The molecule has 0 bridgehead atoms. The van der Waals surface area contributed by atoms with Gasteiger partial charge in [-0.05, 0) is 18.2 Å². The molecule has 8 nitrogen and oxygen atoms in total. The largest absolute Gasteiger partial charge is 0.496 e. The van der Waals surface area contributed by atoms with Gasteiger partial charge in [-0.2, -0.15) is 0 Å². The molecular formula is C18H17F2N3O5. The van der Waals surface area contributed by atoms with Crippen LogP contribution >= 0.6 is 0 Å². The molecule has 0 fully saturated rings. The first kappa shape index (κ1) is 20.7. The number of halogens is 2. The number of nitrogens with two attached hydrogens (primary N) is 1. The number of nitrogens with zero attached hydrogens (tertiary/aromatic N) is 1. The van der Waals surface area contributed by atoms with Gasteiger partial charge in [-0.1, -0.05) is 6.07 Å². The first-order chi connectivity index (χ1) is 13.2. The maximum atomic E-state index is 13.7. The molecule has 0 aliphatic rings. The third-order valence-electron chi connectivity index (χ3n) is 3.98. The van der Waals surface area contributed by atoms with E-state index in [0.29, 0.717) is 0 Å². The van der Waals surface area contributed by atoms with Crippen molar-refractivity contribution >= 4 is 17.5 Å². The fourth-order valence-electron chi connectivity index (χ4n) is 2.59. The van der Waals surface area contributed by atoms with Gasteiger partial charge in [0.1, 0.15) is 23.4 Å². The van der Waals surface area contributed by atoms with Gasteiger partial charge in [0, 0.05) is 29.7 Å². The number of carbonyl (C=O) groups is 2. The predicted molar refractivity (Wildman–Crippen MR) is 94.5 cm³/mol. The lowest BCUT2D eigenvalue weighted by molar-refractivity contribution is -0.384. The number of methoxy groups -OCH3 is 1. The third kappa shape index (κ3) is 5.00. The lowest BCUT2D eigenvalue weighted by Gasteiger charge is -2.17. The van der Waals surface area contributed by atoms with Crippen LogP contribution in [0.5, 0.6) is 5.75 Å².